The number of hydrogen-bond donors (Lipinski definition) is 2. The molecule has 0 aliphatic carbocycles. The van der Waals surface area contributed by atoms with E-state index >= 15 is 0 Å². The number of benzene rings is 1. The molecule has 17 heavy (non-hydrogen) atoms. The average molecular weight is 364 g/mol. The highest BCUT2D eigenvalue weighted by molar-refractivity contribution is 9.11. The van der Waals surface area contributed by atoms with Gasteiger partial charge in [0.05, 0.1) is 12.2 Å². The van der Waals surface area contributed by atoms with Gasteiger partial charge in [0.1, 0.15) is 0 Å². The predicted molar refractivity (Wildman–Crippen MR) is 78.3 cm³/mol. The van der Waals surface area contributed by atoms with Gasteiger partial charge in [-0.25, -0.2) is 0 Å². The molecule has 94 valence electrons. The van der Waals surface area contributed by atoms with Crippen molar-refractivity contribution in [2.24, 2.45) is 0 Å². The van der Waals surface area contributed by atoms with Gasteiger partial charge in [-0.15, -0.1) is 0 Å². The second-order valence-corrected chi connectivity index (χ2v) is 5.90. The first kappa shape index (κ1) is 14.7. The zero-order valence-electron chi connectivity index (χ0n) is 10.1. The maximum absolute atomic E-state index is 11.7. The molecule has 1 amide bonds. The van der Waals surface area contributed by atoms with Crippen molar-refractivity contribution in [3.63, 3.8) is 0 Å². The van der Waals surface area contributed by atoms with E-state index in [-0.39, 0.29) is 5.91 Å². The third-order valence-corrected chi connectivity index (χ3v) is 3.37. The molecule has 0 aliphatic rings. The molecule has 3 nitrogen and oxygen atoms in total. The largest absolute Gasteiger partial charge is 0.323 e. The molecule has 0 atom stereocenters. The molecule has 0 saturated carbocycles. The van der Waals surface area contributed by atoms with E-state index in [4.69, 9.17) is 0 Å². The molecule has 1 rings (SSSR count). The zero-order chi connectivity index (χ0) is 13.0. The van der Waals surface area contributed by atoms with Gasteiger partial charge in [-0.1, -0.05) is 13.8 Å². The molecule has 1 aromatic carbocycles. The van der Waals surface area contributed by atoms with E-state index in [1.165, 1.54) is 0 Å². The van der Waals surface area contributed by atoms with Gasteiger partial charge in [-0.3, -0.25) is 4.79 Å². The zero-order valence-corrected chi connectivity index (χ0v) is 13.3. The smallest absolute Gasteiger partial charge is 0.238 e. The Morgan fingerprint density at radius 2 is 1.82 bits per heavy atom. The highest BCUT2D eigenvalue weighted by atomic mass is 79.9. The monoisotopic (exact) mass is 362 g/mol. The molecule has 5 heteroatoms. The number of nitrogens with one attached hydrogen (secondary N) is 2. The van der Waals surface area contributed by atoms with Crippen LogP contribution in [0.5, 0.6) is 0 Å². The van der Waals surface area contributed by atoms with Crippen LogP contribution in [-0.4, -0.2) is 18.5 Å². The number of rotatable bonds is 4. The Hall–Kier alpha value is -0.390. The van der Waals surface area contributed by atoms with E-state index in [1.54, 1.807) is 0 Å². The summed E-state index contributed by atoms with van der Waals surface area (Å²) in [5, 5.41) is 5.94. The van der Waals surface area contributed by atoms with Crippen LogP contribution in [0.2, 0.25) is 0 Å². The van der Waals surface area contributed by atoms with Gasteiger partial charge in [-0.2, -0.15) is 0 Å². The van der Waals surface area contributed by atoms with Crippen molar-refractivity contribution in [3.05, 3.63) is 26.6 Å². The summed E-state index contributed by atoms with van der Waals surface area (Å²) in [4.78, 5) is 11.7. The van der Waals surface area contributed by atoms with Crippen LogP contribution in [0.3, 0.4) is 0 Å². The van der Waals surface area contributed by atoms with E-state index in [0.717, 1.165) is 20.2 Å². The minimum atomic E-state index is -0.0519. The Bertz CT molecular complexity index is 396. The fourth-order valence-corrected chi connectivity index (χ4v) is 2.91. The molecule has 0 bridgehead atoms. The molecular weight excluding hydrogens is 348 g/mol. The first-order valence-electron chi connectivity index (χ1n) is 5.39. The lowest BCUT2D eigenvalue weighted by Crippen LogP contribution is -2.32. The fourth-order valence-electron chi connectivity index (χ4n) is 1.30. The molecular formula is C12H16Br2N2O. The number of hydrogen-bond acceptors (Lipinski definition) is 2. The Morgan fingerprint density at radius 1 is 1.29 bits per heavy atom. The standard InChI is InChI=1S/C12H16Br2N2O/c1-7(2)15-6-11(17)16-12-9(13)4-8(3)5-10(12)14/h4-5,7,15H,6H2,1-3H3,(H,16,17). The molecule has 0 heterocycles. The van der Waals surface area contributed by atoms with Gasteiger partial charge in [-0.05, 0) is 56.5 Å². The van der Waals surface area contributed by atoms with Crippen molar-refractivity contribution in [1.29, 1.82) is 0 Å². The number of halogens is 2. The number of carbonyl (C=O) groups excluding carboxylic acids is 1. The van der Waals surface area contributed by atoms with Crippen LogP contribution < -0.4 is 10.6 Å². The number of anilines is 1. The third kappa shape index (κ3) is 4.77. The Balaban J connectivity index is 2.72. The second kappa shape index (κ2) is 6.52. The maximum Gasteiger partial charge on any atom is 0.238 e. The quantitative estimate of drug-likeness (QED) is 0.860. The highest BCUT2D eigenvalue weighted by Gasteiger charge is 2.10. The van der Waals surface area contributed by atoms with Crippen molar-refractivity contribution in [1.82, 2.24) is 5.32 Å². The van der Waals surface area contributed by atoms with E-state index in [9.17, 15) is 4.79 Å². The molecule has 0 fully saturated rings. The Kier molecular flexibility index (Phi) is 5.62. The summed E-state index contributed by atoms with van der Waals surface area (Å²) in [6.07, 6.45) is 0. The summed E-state index contributed by atoms with van der Waals surface area (Å²) in [6.45, 7) is 6.32. The summed E-state index contributed by atoms with van der Waals surface area (Å²) in [7, 11) is 0. The fraction of sp³-hybridized carbons (Fsp3) is 0.417. The summed E-state index contributed by atoms with van der Waals surface area (Å²) in [5.74, 6) is -0.0519. The predicted octanol–water partition coefficient (Wildman–Crippen LogP) is 3.46. The SMILES string of the molecule is Cc1cc(Br)c(NC(=O)CNC(C)C)c(Br)c1. The summed E-state index contributed by atoms with van der Waals surface area (Å²) in [5.41, 5.74) is 1.90. The van der Waals surface area contributed by atoms with Crippen LogP contribution in [0, 0.1) is 6.92 Å². The van der Waals surface area contributed by atoms with E-state index in [1.807, 2.05) is 32.9 Å². The van der Waals surface area contributed by atoms with Crippen molar-refractivity contribution in [2.45, 2.75) is 26.8 Å². The third-order valence-electron chi connectivity index (χ3n) is 2.12. The molecule has 0 spiro atoms. The summed E-state index contributed by atoms with van der Waals surface area (Å²) < 4.78 is 1.75. The number of aryl methyl sites for hydroxylation is 1. The molecule has 0 unspecified atom stereocenters. The van der Waals surface area contributed by atoms with Crippen LogP contribution in [0.1, 0.15) is 19.4 Å². The molecule has 0 saturated heterocycles. The lowest BCUT2D eigenvalue weighted by molar-refractivity contribution is -0.115. The highest BCUT2D eigenvalue weighted by Crippen LogP contribution is 2.32. The minimum absolute atomic E-state index is 0.0519. The van der Waals surface area contributed by atoms with Crippen LogP contribution in [0.25, 0.3) is 0 Å². The van der Waals surface area contributed by atoms with Crippen molar-refractivity contribution < 1.29 is 4.79 Å². The normalized spacial score (nSPS) is 10.7. The van der Waals surface area contributed by atoms with E-state index < -0.39 is 0 Å². The number of amides is 1. The Morgan fingerprint density at radius 3 is 2.29 bits per heavy atom. The molecule has 0 aromatic heterocycles. The lowest BCUT2D eigenvalue weighted by atomic mass is 10.2. The molecule has 2 N–H and O–H groups in total. The van der Waals surface area contributed by atoms with Gasteiger partial charge in [0.15, 0.2) is 0 Å². The molecule has 1 aromatic rings. The van der Waals surface area contributed by atoms with Gasteiger partial charge < -0.3 is 10.6 Å². The first-order valence-corrected chi connectivity index (χ1v) is 6.97. The van der Waals surface area contributed by atoms with Crippen molar-refractivity contribution in [3.8, 4) is 0 Å². The van der Waals surface area contributed by atoms with Crippen LogP contribution in [0.4, 0.5) is 5.69 Å². The van der Waals surface area contributed by atoms with Gasteiger partial charge in [0.2, 0.25) is 5.91 Å². The second-order valence-electron chi connectivity index (χ2n) is 4.19. The summed E-state index contributed by atoms with van der Waals surface area (Å²) in [6, 6.07) is 4.23. The van der Waals surface area contributed by atoms with E-state index in [2.05, 4.69) is 42.5 Å². The number of carbonyl (C=O) groups is 1. The van der Waals surface area contributed by atoms with Crippen LogP contribution in [-0.2, 0) is 4.79 Å². The van der Waals surface area contributed by atoms with Gasteiger partial charge >= 0.3 is 0 Å². The maximum atomic E-state index is 11.7. The average Bonchev–Trinajstić information content (AvgIpc) is 2.20. The van der Waals surface area contributed by atoms with Gasteiger partial charge in [0, 0.05) is 15.0 Å². The minimum Gasteiger partial charge on any atom is -0.323 e. The first-order chi connectivity index (χ1) is 7.90. The summed E-state index contributed by atoms with van der Waals surface area (Å²) >= 11 is 6.88. The lowest BCUT2D eigenvalue weighted by Gasteiger charge is -2.12. The van der Waals surface area contributed by atoms with E-state index in [0.29, 0.717) is 12.6 Å². The molecule has 0 aliphatic heterocycles. The van der Waals surface area contributed by atoms with Crippen molar-refractivity contribution >= 4 is 43.5 Å². The van der Waals surface area contributed by atoms with Crippen LogP contribution in [0.15, 0.2) is 21.1 Å². The van der Waals surface area contributed by atoms with Gasteiger partial charge in [0.25, 0.3) is 0 Å². The van der Waals surface area contributed by atoms with Crippen LogP contribution >= 0.6 is 31.9 Å². The Labute approximate surface area is 119 Å². The topological polar surface area (TPSA) is 41.1 Å². The molecule has 0 radical (unpaired) electrons. The van der Waals surface area contributed by atoms with Crippen molar-refractivity contribution in [2.75, 3.05) is 11.9 Å².